The number of hydrogen-bond acceptors (Lipinski definition) is 5. The largest absolute Gasteiger partial charge is 0.447 e. The maximum absolute atomic E-state index is 13.0. The lowest BCUT2D eigenvalue weighted by Crippen LogP contribution is -2.33. The van der Waals surface area contributed by atoms with Crippen LogP contribution < -0.4 is 0 Å². The molecule has 152 valence electrons. The number of ether oxygens (including phenoxy) is 3. The van der Waals surface area contributed by atoms with Gasteiger partial charge in [0.25, 0.3) is 0 Å². The summed E-state index contributed by atoms with van der Waals surface area (Å²) in [6.07, 6.45) is 3.34. The molecule has 28 heavy (non-hydrogen) atoms. The molecule has 0 radical (unpaired) electrons. The summed E-state index contributed by atoms with van der Waals surface area (Å²) in [7, 11) is 1.57. The molecule has 0 unspecified atom stereocenters. The Morgan fingerprint density at radius 3 is 2.25 bits per heavy atom. The lowest BCUT2D eigenvalue weighted by atomic mass is 9.90. The summed E-state index contributed by atoms with van der Waals surface area (Å²) in [5.74, 6) is -0.418. The highest BCUT2D eigenvalue weighted by molar-refractivity contribution is 6.20. The van der Waals surface area contributed by atoms with Gasteiger partial charge in [-0.1, -0.05) is 17.7 Å². The van der Waals surface area contributed by atoms with Gasteiger partial charge in [0.15, 0.2) is 11.4 Å². The molecule has 5 nitrogen and oxygen atoms in total. The monoisotopic (exact) mass is 386 g/mol. The van der Waals surface area contributed by atoms with Crippen molar-refractivity contribution in [1.82, 2.24) is 0 Å². The third kappa shape index (κ3) is 3.72. The van der Waals surface area contributed by atoms with E-state index < -0.39 is 23.1 Å². The highest BCUT2D eigenvalue weighted by Gasteiger charge is 2.52. The fourth-order valence-corrected chi connectivity index (χ4v) is 4.37. The molecule has 0 aromatic heterocycles. The lowest BCUT2D eigenvalue weighted by molar-refractivity contribution is -0.155. The Morgan fingerprint density at radius 1 is 1.14 bits per heavy atom. The molecule has 0 bridgehead atoms. The van der Waals surface area contributed by atoms with Crippen LogP contribution in [0.25, 0.3) is 5.57 Å². The Kier molecular flexibility index (Phi) is 5.41. The smallest absolute Gasteiger partial charge is 0.343 e. The first-order valence-electron chi connectivity index (χ1n) is 9.91. The number of benzene rings is 1. The maximum Gasteiger partial charge on any atom is 0.343 e. The van der Waals surface area contributed by atoms with Crippen LogP contribution in [0.5, 0.6) is 0 Å². The van der Waals surface area contributed by atoms with Gasteiger partial charge in [-0.2, -0.15) is 0 Å². The zero-order valence-electron chi connectivity index (χ0n) is 17.7. The van der Waals surface area contributed by atoms with Crippen molar-refractivity contribution in [2.45, 2.75) is 77.9 Å². The van der Waals surface area contributed by atoms with Crippen LogP contribution in [-0.4, -0.2) is 30.3 Å². The van der Waals surface area contributed by atoms with E-state index in [9.17, 15) is 9.59 Å². The predicted octanol–water partition coefficient (Wildman–Crippen LogP) is 4.55. The van der Waals surface area contributed by atoms with E-state index in [4.69, 9.17) is 14.2 Å². The minimum absolute atomic E-state index is 0.0937. The van der Waals surface area contributed by atoms with E-state index in [0.717, 1.165) is 35.1 Å². The van der Waals surface area contributed by atoms with E-state index in [0.29, 0.717) is 24.2 Å². The van der Waals surface area contributed by atoms with E-state index in [1.54, 1.807) is 7.11 Å². The Hall–Kier alpha value is -2.14. The molecule has 1 saturated carbocycles. The van der Waals surface area contributed by atoms with Crippen LogP contribution in [0.4, 0.5) is 0 Å². The minimum atomic E-state index is -0.816. The molecule has 0 N–H and O–H groups in total. The third-order valence-electron chi connectivity index (χ3n) is 5.81. The summed E-state index contributed by atoms with van der Waals surface area (Å²) in [4.78, 5) is 25.7. The van der Waals surface area contributed by atoms with Crippen LogP contribution in [0.15, 0.2) is 17.9 Å². The molecule has 1 aliphatic carbocycles. The highest BCUT2D eigenvalue weighted by atomic mass is 16.6. The van der Waals surface area contributed by atoms with E-state index in [1.165, 1.54) is 0 Å². The summed E-state index contributed by atoms with van der Waals surface area (Å²) in [6, 6.07) is 4.07. The maximum atomic E-state index is 13.0. The van der Waals surface area contributed by atoms with Crippen molar-refractivity contribution in [3.63, 3.8) is 0 Å². The fraction of sp³-hybridized carbons (Fsp3) is 0.565. The normalized spacial score (nSPS) is 18.7. The van der Waals surface area contributed by atoms with Gasteiger partial charge >= 0.3 is 11.9 Å². The van der Waals surface area contributed by atoms with E-state index in [1.807, 2.05) is 46.8 Å². The summed E-state index contributed by atoms with van der Waals surface area (Å²) in [6.45, 7) is 9.64. The molecule has 0 amide bonds. The molecule has 0 saturated heterocycles. The van der Waals surface area contributed by atoms with E-state index in [-0.39, 0.29) is 6.42 Å². The van der Waals surface area contributed by atoms with Crippen molar-refractivity contribution >= 4 is 17.5 Å². The quantitative estimate of drug-likeness (QED) is 0.695. The van der Waals surface area contributed by atoms with Crippen molar-refractivity contribution in [2.75, 3.05) is 7.11 Å². The van der Waals surface area contributed by atoms with E-state index in [2.05, 4.69) is 0 Å². The number of rotatable bonds is 5. The standard InChI is InChI=1S/C23H30O5/c1-14-11-15(2)18(16(3)12-14)19-20(27-17(24)13-22(4,5)26-6)23(28-21(19)25)9-7-8-10-23/h11-12H,7-10,13H2,1-6H3. The molecule has 1 aromatic carbocycles. The summed E-state index contributed by atoms with van der Waals surface area (Å²) in [5.41, 5.74) is 2.84. The molecular formula is C23H30O5. The van der Waals surface area contributed by atoms with Crippen molar-refractivity contribution < 1.29 is 23.8 Å². The predicted molar refractivity (Wildman–Crippen MR) is 107 cm³/mol. The van der Waals surface area contributed by atoms with Crippen LogP contribution in [0.1, 0.15) is 68.2 Å². The van der Waals surface area contributed by atoms with Gasteiger partial charge in [0.1, 0.15) is 5.57 Å². The molecular weight excluding hydrogens is 356 g/mol. The average Bonchev–Trinajstić information content (AvgIpc) is 3.14. The molecule has 2 aliphatic rings. The Morgan fingerprint density at radius 2 is 1.71 bits per heavy atom. The summed E-state index contributed by atoms with van der Waals surface area (Å²) < 4.78 is 17.1. The number of carbonyl (C=O) groups is 2. The molecule has 1 aromatic rings. The first-order chi connectivity index (χ1) is 13.1. The fourth-order valence-electron chi connectivity index (χ4n) is 4.37. The number of carbonyl (C=O) groups excluding carboxylic acids is 2. The molecule has 1 heterocycles. The molecule has 1 aliphatic heterocycles. The Balaban J connectivity index is 2.10. The molecule has 1 fully saturated rings. The number of methoxy groups -OCH3 is 1. The summed E-state index contributed by atoms with van der Waals surface area (Å²) >= 11 is 0. The topological polar surface area (TPSA) is 61.8 Å². The number of aryl methyl sites for hydroxylation is 3. The van der Waals surface area contributed by atoms with Crippen LogP contribution >= 0.6 is 0 Å². The van der Waals surface area contributed by atoms with Crippen LogP contribution in [0.2, 0.25) is 0 Å². The lowest BCUT2D eigenvalue weighted by Gasteiger charge is -2.26. The van der Waals surface area contributed by atoms with Crippen molar-refractivity contribution in [3.05, 3.63) is 40.1 Å². The van der Waals surface area contributed by atoms with Gasteiger partial charge in [0.2, 0.25) is 0 Å². The molecule has 0 atom stereocenters. The zero-order valence-corrected chi connectivity index (χ0v) is 17.7. The molecule has 3 rings (SSSR count). The van der Waals surface area contributed by atoms with Gasteiger partial charge in [-0.25, -0.2) is 4.79 Å². The van der Waals surface area contributed by atoms with E-state index >= 15 is 0 Å². The first kappa shape index (κ1) is 20.6. The van der Waals surface area contributed by atoms with Gasteiger partial charge in [-0.3, -0.25) is 4.79 Å². The van der Waals surface area contributed by atoms with Gasteiger partial charge in [-0.05, 0) is 77.0 Å². The SMILES string of the molecule is COC(C)(C)CC(=O)OC1=C(c2c(C)cc(C)cc2C)C(=O)OC12CCCC2. The second kappa shape index (κ2) is 7.36. The van der Waals surface area contributed by atoms with Crippen LogP contribution in [-0.2, 0) is 23.8 Å². The number of hydrogen-bond donors (Lipinski definition) is 0. The van der Waals surface area contributed by atoms with Gasteiger partial charge in [0.05, 0.1) is 12.0 Å². The van der Waals surface area contributed by atoms with Crippen molar-refractivity contribution in [2.24, 2.45) is 0 Å². The third-order valence-corrected chi connectivity index (χ3v) is 5.81. The second-order valence-electron chi connectivity index (χ2n) is 8.68. The highest BCUT2D eigenvalue weighted by Crippen LogP contribution is 2.49. The number of esters is 2. The van der Waals surface area contributed by atoms with Crippen LogP contribution in [0.3, 0.4) is 0 Å². The average molecular weight is 386 g/mol. The first-order valence-corrected chi connectivity index (χ1v) is 9.91. The second-order valence-corrected chi connectivity index (χ2v) is 8.68. The molecule has 5 heteroatoms. The Bertz CT molecular complexity index is 818. The van der Waals surface area contributed by atoms with Gasteiger partial charge in [0, 0.05) is 7.11 Å². The van der Waals surface area contributed by atoms with Crippen molar-refractivity contribution in [1.29, 1.82) is 0 Å². The van der Waals surface area contributed by atoms with Gasteiger partial charge < -0.3 is 14.2 Å². The van der Waals surface area contributed by atoms with Gasteiger partial charge in [-0.15, -0.1) is 0 Å². The van der Waals surface area contributed by atoms with Crippen LogP contribution in [0, 0.1) is 20.8 Å². The molecule has 1 spiro atoms. The zero-order chi connectivity index (χ0) is 20.7. The summed E-state index contributed by atoms with van der Waals surface area (Å²) in [5, 5.41) is 0. The Labute approximate surface area is 167 Å². The van der Waals surface area contributed by atoms with Crippen molar-refractivity contribution in [3.8, 4) is 0 Å². The minimum Gasteiger partial charge on any atom is -0.447 e.